The van der Waals surface area contributed by atoms with Crippen LogP contribution in [0.4, 0.5) is 5.69 Å². The monoisotopic (exact) mass is 400 g/mol. The Hall–Kier alpha value is 0.150. The molecule has 2 rings (SSSR count). The molecular formula is C9H11Cl3NO2Te+. The molecule has 0 atom stereocenters. The molecule has 0 saturated heterocycles. The normalized spacial score (nSPS) is 23.1. The van der Waals surface area contributed by atoms with Crippen molar-refractivity contribution in [2.75, 3.05) is 7.11 Å². The molecule has 1 aromatic carbocycles. The van der Waals surface area contributed by atoms with E-state index in [1.807, 2.05) is 0 Å². The predicted molar refractivity (Wildman–Crippen MR) is 69.7 cm³/mol. The van der Waals surface area contributed by atoms with Crippen molar-refractivity contribution in [2.24, 2.45) is 0 Å². The van der Waals surface area contributed by atoms with Crippen LogP contribution in [0, 0.1) is 0 Å². The van der Waals surface area contributed by atoms with E-state index in [9.17, 15) is 0 Å². The quantitative estimate of drug-likeness (QED) is 0.713. The Morgan fingerprint density at radius 1 is 1.31 bits per heavy atom. The van der Waals surface area contributed by atoms with E-state index in [2.05, 4.69) is 4.99 Å². The summed E-state index contributed by atoms with van der Waals surface area (Å²) in [7, 11) is 20.4. The van der Waals surface area contributed by atoms with Crippen molar-refractivity contribution in [1.29, 1.82) is 0 Å². The van der Waals surface area contributed by atoms with E-state index in [-0.39, 0.29) is 0 Å². The Balaban J connectivity index is 2.67. The molecule has 0 radical (unpaired) electrons. The van der Waals surface area contributed by atoms with Crippen molar-refractivity contribution in [1.82, 2.24) is 0 Å². The molecule has 0 unspecified atom stereocenters. The Morgan fingerprint density at radius 3 is 2.62 bits per heavy atom. The van der Waals surface area contributed by atoms with Crippen LogP contribution in [0.5, 0.6) is 5.75 Å². The van der Waals surface area contributed by atoms with Crippen molar-refractivity contribution in [3.8, 4) is 5.75 Å². The number of fused-ring (bicyclic) bond motifs is 1. The van der Waals surface area contributed by atoms with Gasteiger partial charge < -0.3 is 0 Å². The van der Waals surface area contributed by atoms with Crippen LogP contribution in [0.3, 0.4) is 0 Å². The van der Waals surface area contributed by atoms with Gasteiger partial charge in [-0.15, -0.1) is 0 Å². The zero-order valence-corrected chi connectivity index (χ0v) is 13.5. The second kappa shape index (κ2) is 3.83. The molecule has 16 heavy (non-hydrogen) atoms. The SMILES string of the molecule is COc1ccc2c(c1)[NH+]=C(C)O[TeH]2(Cl)(Cl)Cl. The van der Waals surface area contributed by atoms with Crippen LogP contribution in [-0.4, -0.2) is 26.9 Å². The average Bonchev–Trinajstić information content (AvgIpc) is 2.13. The molecule has 0 fully saturated rings. The third-order valence-electron chi connectivity index (χ3n) is 2.17. The van der Waals surface area contributed by atoms with Crippen LogP contribution in [0.15, 0.2) is 18.2 Å². The van der Waals surface area contributed by atoms with Crippen LogP contribution in [0.1, 0.15) is 6.92 Å². The Bertz CT molecular complexity index is 481. The number of hydrogen-bond acceptors (Lipinski definition) is 2. The molecule has 0 aliphatic carbocycles. The van der Waals surface area contributed by atoms with Gasteiger partial charge in [0.1, 0.15) is 0 Å². The zero-order chi connectivity index (χ0) is 12.0. The molecule has 1 aliphatic rings. The van der Waals surface area contributed by atoms with E-state index in [1.54, 1.807) is 32.2 Å². The molecular weight excluding hydrogens is 388 g/mol. The van der Waals surface area contributed by atoms with Gasteiger partial charge >= 0.3 is 107 Å². The summed E-state index contributed by atoms with van der Waals surface area (Å²) in [6.45, 7) is 1.72. The number of halogens is 3. The van der Waals surface area contributed by atoms with Gasteiger partial charge in [-0.25, -0.2) is 0 Å². The summed E-state index contributed by atoms with van der Waals surface area (Å²) in [6, 6.07) is 5.28. The average molecular weight is 399 g/mol. The van der Waals surface area contributed by atoms with Gasteiger partial charge in [-0.3, -0.25) is 0 Å². The third-order valence-corrected chi connectivity index (χ3v) is 12.1. The van der Waals surface area contributed by atoms with Gasteiger partial charge in [-0.1, -0.05) is 0 Å². The summed E-state index contributed by atoms with van der Waals surface area (Å²) in [5.41, 5.74) is 0.741. The number of methoxy groups -OCH3 is 1. The molecule has 3 nitrogen and oxygen atoms in total. The maximum absolute atomic E-state index is 6.26. The molecule has 7 heteroatoms. The van der Waals surface area contributed by atoms with Gasteiger partial charge in [0.25, 0.3) is 0 Å². The van der Waals surface area contributed by atoms with E-state index in [4.69, 9.17) is 34.7 Å². The van der Waals surface area contributed by atoms with Crippen LogP contribution in [-0.2, 0) is 3.10 Å². The van der Waals surface area contributed by atoms with Crippen LogP contribution < -0.4 is 13.3 Å². The van der Waals surface area contributed by atoms with E-state index >= 15 is 0 Å². The summed E-state index contributed by atoms with van der Waals surface area (Å²) < 4.78 is 11.2. The molecule has 0 amide bonds. The summed E-state index contributed by atoms with van der Waals surface area (Å²) in [4.78, 5) is 3.03. The molecule has 0 aromatic heterocycles. The molecule has 1 aliphatic heterocycles. The molecule has 1 heterocycles. The molecule has 0 spiro atoms. The number of ether oxygens (including phenoxy) is 1. The molecule has 0 saturated carbocycles. The van der Waals surface area contributed by atoms with Gasteiger partial charge in [0, 0.05) is 0 Å². The van der Waals surface area contributed by atoms with Crippen molar-refractivity contribution < 1.29 is 12.8 Å². The van der Waals surface area contributed by atoms with E-state index < -0.39 is 13.9 Å². The topological polar surface area (TPSA) is 32.4 Å². The summed E-state index contributed by atoms with van der Waals surface area (Å²) in [6.07, 6.45) is 0. The summed E-state index contributed by atoms with van der Waals surface area (Å²) in [5, 5.41) is 0. The van der Waals surface area contributed by atoms with Gasteiger partial charge in [0.05, 0.1) is 0 Å². The Kier molecular flexibility index (Phi) is 3.01. The predicted octanol–water partition coefficient (Wildman–Crippen LogP) is 0.901. The van der Waals surface area contributed by atoms with Crippen molar-refractivity contribution in [3.63, 3.8) is 0 Å². The number of benzene rings is 1. The summed E-state index contributed by atoms with van der Waals surface area (Å²) >= 11 is -4.65. The van der Waals surface area contributed by atoms with Crippen LogP contribution in [0.25, 0.3) is 0 Å². The van der Waals surface area contributed by atoms with E-state index in [0.29, 0.717) is 15.3 Å². The van der Waals surface area contributed by atoms with Crippen molar-refractivity contribution >= 4 is 55.9 Å². The first-order valence-corrected chi connectivity index (χ1v) is 16.5. The fraction of sp³-hybridized carbons (Fsp3) is 0.222. The van der Waals surface area contributed by atoms with E-state index in [0.717, 1.165) is 5.69 Å². The van der Waals surface area contributed by atoms with Crippen LogP contribution in [0.2, 0.25) is 0 Å². The minimum atomic E-state index is -4.65. The summed E-state index contributed by atoms with van der Waals surface area (Å²) in [5.74, 6) is 1.21. The second-order valence-electron chi connectivity index (χ2n) is 3.40. The number of rotatable bonds is 1. The van der Waals surface area contributed by atoms with Gasteiger partial charge in [-0.05, 0) is 0 Å². The molecule has 1 aromatic rings. The molecule has 90 valence electrons. The second-order valence-corrected chi connectivity index (χ2v) is 26.0. The van der Waals surface area contributed by atoms with Gasteiger partial charge in [0.2, 0.25) is 0 Å². The Morgan fingerprint density at radius 2 is 2.00 bits per heavy atom. The van der Waals surface area contributed by atoms with Gasteiger partial charge in [0.15, 0.2) is 0 Å². The van der Waals surface area contributed by atoms with Crippen LogP contribution >= 0.6 is 26.9 Å². The molecule has 1 N–H and O–H groups in total. The first-order valence-electron chi connectivity index (χ1n) is 4.47. The van der Waals surface area contributed by atoms with Gasteiger partial charge in [-0.2, -0.15) is 0 Å². The maximum atomic E-state index is 6.26. The fourth-order valence-electron chi connectivity index (χ4n) is 1.53. The Labute approximate surface area is 106 Å². The third kappa shape index (κ3) is 2.23. The first kappa shape index (κ1) is 12.6. The molecule has 0 bridgehead atoms. The van der Waals surface area contributed by atoms with E-state index in [1.165, 1.54) is 0 Å². The first-order chi connectivity index (χ1) is 7.30. The number of hydrogen-bond donors (Lipinski definition) is 1. The fourth-order valence-corrected chi connectivity index (χ4v) is 10.5. The van der Waals surface area contributed by atoms with Crippen molar-refractivity contribution in [2.45, 2.75) is 6.92 Å². The zero-order valence-electron chi connectivity index (χ0n) is 8.63. The number of nitrogens with one attached hydrogen (secondary N) is 1. The minimum absolute atomic E-state index is 0.502. The standard InChI is InChI=1S/C9H10Cl3NO2Te/c1-6-13-8-5-7(14-2)3-4-9(8)16(10,11,12)15-6/h3-5,16H,1-2H3/p+1. The van der Waals surface area contributed by atoms with Crippen molar-refractivity contribution in [3.05, 3.63) is 18.2 Å².